The van der Waals surface area contributed by atoms with Crippen LogP contribution in [-0.2, 0) is 27.2 Å². The van der Waals surface area contributed by atoms with Crippen molar-refractivity contribution < 1.29 is 56.8 Å². The van der Waals surface area contributed by atoms with Gasteiger partial charge in [0.15, 0.2) is 11.4 Å². The number of anilines is 1. The lowest BCUT2D eigenvalue weighted by molar-refractivity contribution is -0.284. The van der Waals surface area contributed by atoms with Gasteiger partial charge in [-0.25, -0.2) is 0 Å². The zero-order valence-electron chi connectivity index (χ0n) is 23.7. The maximum Gasteiger partial charge on any atom is 0.453 e. The van der Waals surface area contributed by atoms with Crippen LogP contribution < -0.4 is 10.6 Å². The number of alkyl halides is 5. The third kappa shape index (κ3) is 4.82. The summed E-state index contributed by atoms with van der Waals surface area (Å²) < 4.78 is 65.0. The van der Waals surface area contributed by atoms with E-state index in [1.165, 1.54) is 25.1 Å². The topological polar surface area (TPSA) is 165 Å². The van der Waals surface area contributed by atoms with Crippen LogP contribution in [0.15, 0.2) is 23.0 Å². The number of aliphatic hydroxyl groups excluding tert-OH is 2. The van der Waals surface area contributed by atoms with Crippen LogP contribution in [0.25, 0.3) is 5.76 Å². The van der Waals surface area contributed by atoms with E-state index in [4.69, 9.17) is 5.73 Å². The van der Waals surface area contributed by atoms with Crippen molar-refractivity contribution in [3.63, 3.8) is 0 Å². The van der Waals surface area contributed by atoms with E-state index >= 15 is 0 Å². The SMILES string of the molecule is CN(C)c1cc(CCCC(F)(F)C(F)(F)F)c(O)c2c1C[C@H]1C[C@H]3[C@H](N(C)C)C(=O)C(C(N)=O)=C(O)[C@@]3(O)C(=O)C1=C2O. The normalized spacial score (nSPS) is 26.0. The number of amides is 1. The number of fused-ring (bicyclic) bond motifs is 3. The van der Waals surface area contributed by atoms with Crippen molar-refractivity contribution in [3.8, 4) is 5.75 Å². The van der Waals surface area contributed by atoms with E-state index in [2.05, 4.69) is 0 Å². The predicted molar refractivity (Wildman–Crippen MR) is 143 cm³/mol. The van der Waals surface area contributed by atoms with Crippen molar-refractivity contribution in [3.05, 3.63) is 39.7 Å². The maximum absolute atomic E-state index is 14.0. The highest BCUT2D eigenvalue weighted by atomic mass is 19.4. The van der Waals surface area contributed by atoms with Crippen LogP contribution in [0.2, 0.25) is 0 Å². The van der Waals surface area contributed by atoms with Gasteiger partial charge in [-0.2, -0.15) is 22.0 Å². The molecule has 0 unspecified atom stereocenters. The number of nitrogens with zero attached hydrogens (tertiary/aromatic N) is 2. The monoisotopic (exact) mass is 617 g/mol. The number of likely N-dealkylation sites (N-methyl/N-ethyl adjacent to an activating group) is 1. The van der Waals surface area contributed by atoms with Gasteiger partial charge in [0, 0.05) is 37.7 Å². The number of aryl methyl sites for hydroxylation is 1. The first-order valence-corrected chi connectivity index (χ1v) is 13.3. The standard InChI is InChI=1S/C28H32F5N3O7/c1-35(2)15-10-11(6-5-7-26(29,30)28(31,32)33)20(37)17-13(15)8-12-9-14-19(36(3)4)22(39)18(25(34)42)24(41)27(14,43)23(40)16(12)21(17)38/h10,12,14,19,37-38,41,43H,5-9H2,1-4H3,(H2,34,42)/t12-,14-,19-,27-/m0/s1. The van der Waals surface area contributed by atoms with E-state index in [9.17, 15) is 56.8 Å². The molecule has 1 saturated carbocycles. The predicted octanol–water partition coefficient (Wildman–Crippen LogP) is 2.55. The van der Waals surface area contributed by atoms with E-state index in [1.54, 1.807) is 19.0 Å². The Kier molecular flexibility index (Phi) is 7.84. The van der Waals surface area contributed by atoms with Gasteiger partial charge in [0.25, 0.3) is 5.91 Å². The van der Waals surface area contributed by atoms with Gasteiger partial charge in [0.1, 0.15) is 22.8 Å². The van der Waals surface area contributed by atoms with E-state index < -0.39 is 101 Å². The van der Waals surface area contributed by atoms with Crippen LogP contribution in [0.5, 0.6) is 5.75 Å². The Morgan fingerprint density at radius 1 is 1.09 bits per heavy atom. The summed E-state index contributed by atoms with van der Waals surface area (Å²) in [5.74, 6) is -13.2. The number of Topliss-reactive ketones (excluding diaryl/α,β-unsaturated/α-hetero) is 2. The first-order valence-electron chi connectivity index (χ1n) is 13.3. The average Bonchev–Trinajstić information content (AvgIpc) is 2.86. The summed E-state index contributed by atoms with van der Waals surface area (Å²) in [5, 5.41) is 45.1. The summed E-state index contributed by atoms with van der Waals surface area (Å²) in [7, 11) is 6.15. The minimum atomic E-state index is -5.75. The number of carbonyl (C=O) groups is 3. The Morgan fingerprint density at radius 2 is 1.70 bits per heavy atom. The second-order valence-corrected chi connectivity index (χ2v) is 11.7. The number of primary amides is 1. The number of phenolic OH excluding ortho intramolecular Hbond substituents is 1. The quantitative estimate of drug-likeness (QED) is 0.229. The Labute approximate surface area is 242 Å². The molecule has 1 aromatic rings. The van der Waals surface area contributed by atoms with E-state index in [1.807, 2.05) is 0 Å². The van der Waals surface area contributed by atoms with Crippen molar-refractivity contribution in [2.75, 3.05) is 33.1 Å². The molecule has 0 radical (unpaired) electrons. The van der Waals surface area contributed by atoms with Gasteiger partial charge in [-0.1, -0.05) is 0 Å². The minimum Gasteiger partial charge on any atom is -0.508 e. The summed E-state index contributed by atoms with van der Waals surface area (Å²) >= 11 is 0. The second-order valence-electron chi connectivity index (χ2n) is 11.7. The largest absolute Gasteiger partial charge is 0.508 e. The lowest BCUT2D eigenvalue weighted by Crippen LogP contribution is -2.65. The molecule has 6 N–H and O–H groups in total. The number of nitrogens with two attached hydrogens (primary N) is 1. The number of aromatic hydroxyl groups is 1. The molecular weight excluding hydrogens is 585 g/mol. The van der Waals surface area contributed by atoms with Gasteiger partial charge in [-0.05, 0) is 62.9 Å². The van der Waals surface area contributed by atoms with Crippen LogP contribution >= 0.6 is 0 Å². The number of rotatable bonds is 7. The van der Waals surface area contributed by atoms with Crippen LogP contribution in [0.3, 0.4) is 0 Å². The third-order valence-corrected chi connectivity index (χ3v) is 8.61. The summed E-state index contributed by atoms with van der Waals surface area (Å²) in [5.41, 5.74) is 1.46. The van der Waals surface area contributed by atoms with Crippen molar-refractivity contribution in [2.45, 2.75) is 55.8 Å². The fourth-order valence-electron chi connectivity index (χ4n) is 6.58. The highest BCUT2D eigenvalue weighted by Crippen LogP contribution is 2.54. The highest BCUT2D eigenvalue weighted by Gasteiger charge is 2.64. The molecule has 1 aromatic carbocycles. The lowest BCUT2D eigenvalue weighted by Gasteiger charge is -2.50. The first-order chi connectivity index (χ1) is 19.7. The Bertz CT molecular complexity index is 1470. The molecule has 4 atom stereocenters. The molecule has 0 saturated heterocycles. The molecular formula is C28H32F5N3O7. The lowest BCUT2D eigenvalue weighted by atomic mass is 9.57. The van der Waals surface area contributed by atoms with Crippen LogP contribution in [-0.4, -0.2) is 94.7 Å². The molecule has 0 spiro atoms. The van der Waals surface area contributed by atoms with Crippen molar-refractivity contribution in [1.29, 1.82) is 0 Å². The smallest absolute Gasteiger partial charge is 0.453 e. The fourth-order valence-corrected chi connectivity index (χ4v) is 6.58. The van der Waals surface area contributed by atoms with Gasteiger partial charge >= 0.3 is 12.1 Å². The number of aliphatic hydroxyl groups is 3. The molecule has 1 amide bonds. The number of hydrogen-bond donors (Lipinski definition) is 5. The molecule has 1 fully saturated rings. The van der Waals surface area contributed by atoms with Gasteiger partial charge in [0.2, 0.25) is 5.78 Å². The second kappa shape index (κ2) is 10.5. The minimum absolute atomic E-state index is 0.0119. The molecule has 15 heteroatoms. The van der Waals surface area contributed by atoms with Crippen LogP contribution in [0.4, 0.5) is 27.6 Å². The molecule has 3 aliphatic rings. The van der Waals surface area contributed by atoms with Crippen LogP contribution in [0, 0.1) is 11.8 Å². The van der Waals surface area contributed by atoms with Gasteiger partial charge in [-0.3, -0.25) is 19.3 Å². The first kappa shape index (κ1) is 32.2. The molecule has 236 valence electrons. The third-order valence-electron chi connectivity index (χ3n) is 8.61. The van der Waals surface area contributed by atoms with Gasteiger partial charge in [-0.15, -0.1) is 0 Å². The molecule has 0 heterocycles. The number of ketones is 2. The number of benzene rings is 1. The van der Waals surface area contributed by atoms with Crippen molar-refractivity contribution >= 4 is 28.9 Å². The molecule has 10 nitrogen and oxygen atoms in total. The van der Waals surface area contributed by atoms with E-state index in [0.717, 1.165) is 0 Å². The van der Waals surface area contributed by atoms with Crippen LogP contribution in [0.1, 0.15) is 36.0 Å². The average molecular weight is 618 g/mol. The van der Waals surface area contributed by atoms with Gasteiger partial charge < -0.3 is 31.1 Å². The Balaban J connectivity index is 1.86. The number of halogens is 5. The summed E-state index contributed by atoms with van der Waals surface area (Å²) in [4.78, 5) is 42.2. The molecule has 0 aromatic heterocycles. The van der Waals surface area contributed by atoms with Crippen molar-refractivity contribution in [1.82, 2.24) is 4.90 Å². The Hall–Kier alpha value is -3.72. The van der Waals surface area contributed by atoms with Crippen molar-refractivity contribution in [2.24, 2.45) is 17.6 Å². The molecule has 0 aliphatic heterocycles. The maximum atomic E-state index is 14.0. The molecule has 4 rings (SSSR count). The fraction of sp³-hybridized carbons (Fsp3) is 0.536. The highest BCUT2D eigenvalue weighted by molar-refractivity contribution is 6.24. The summed E-state index contributed by atoms with van der Waals surface area (Å²) in [6.45, 7) is 0. The number of hydrogen-bond acceptors (Lipinski definition) is 9. The number of phenols is 1. The number of carbonyl (C=O) groups excluding carboxylic acids is 3. The summed E-state index contributed by atoms with van der Waals surface area (Å²) in [6, 6.07) is 0.149. The summed E-state index contributed by atoms with van der Waals surface area (Å²) in [6.07, 6.45) is -8.56. The van der Waals surface area contributed by atoms with E-state index in [0.29, 0.717) is 11.3 Å². The molecule has 0 bridgehead atoms. The van der Waals surface area contributed by atoms with Gasteiger partial charge in [0.05, 0.1) is 11.6 Å². The molecule has 3 aliphatic carbocycles. The zero-order chi connectivity index (χ0) is 32.6. The molecule has 43 heavy (non-hydrogen) atoms. The zero-order valence-corrected chi connectivity index (χ0v) is 23.7. The van der Waals surface area contributed by atoms with E-state index in [-0.39, 0.29) is 24.0 Å². The Morgan fingerprint density at radius 3 is 2.21 bits per heavy atom.